The molecule has 0 aliphatic carbocycles. The molecule has 0 aliphatic rings. The van der Waals surface area contributed by atoms with Crippen molar-refractivity contribution in [2.24, 2.45) is 0 Å². The van der Waals surface area contributed by atoms with E-state index in [4.69, 9.17) is 0 Å². The molecule has 0 aliphatic heterocycles. The molecule has 0 spiro atoms. The van der Waals surface area contributed by atoms with Gasteiger partial charge in [0.15, 0.2) is 0 Å². The van der Waals surface area contributed by atoms with Gasteiger partial charge in [0.1, 0.15) is 0 Å². The minimum absolute atomic E-state index is 0.288. The molecule has 38 heavy (non-hydrogen) atoms. The molecule has 0 aromatic rings. The summed E-state index contributed by atoms with van der Waals surface area (Å²) in [4.78, 5) is 12.3. The maximum absolute atomic E-state index is 12.3. The fourth-order valence-electron chi connectivity index (χ4n) is 4.52. The lowest BCUT2D eigenvalue weighted by atomic mass is 10.1. The van der Waals surface area contributed by atoms with Gasteiger partial charge in [0.05, 0.1) is 17.9 Å². The van der Waals surface area contributed by atoms with E-state index in [0.717, 1.165) is 38.5 Å². The summed E-state index contributed by atoms with van der Waals surface area (Å²) >= 11 is 0. The SMILES string of the molecule is CCCCCCCCCCCC/C=C/CC/C=C/C(O)C(CS(=O)(=O)O)NC(=O)CCCCCCCCC. The number of carbonyl (C=O) groups excluding carboxylic acids is 1. The number of aliphatic hydroxyl groups excluding tert-OH is 1. The third-order valence-corrected chi connectivity index (χ3v) is 7.66. The summed E-state index contributed by atoms with van der Waals surface area (Å²) < 4.78 is 32.0. The van der Waals surface area contributed by atoms with Gasteiger partial charge in [-0.1, -0.05) is 134 Å². The van der Waals surface area contributed by atoms with Crippen molar-refractivity contribution in [3.63, 3.8) is 0 Å². The van der Waals surface area contributed by atoms with Gasteiger partial charge >= 0.3 is 0 Å². The molecule has 2 atom stereocenters. The Morgan fingerprint density at radius 1 is 0.684 bits per heavy atom. The van der Waals surface area contributed by atoms with Crippen molar-refractivity contribution in [1.82, 2.24) is 5.32 Å². The summed E-state index contributed by atoms with van der Waals surface area (Å²) in [6, 6.07) is -1.06. The lowest BCUT2D eigenvalue weighted by molar-refractivity contribution is -0.122. The average molecular weight is 558 g/mol. The van der Waals surface area contributed by atoms with E-state index in [9.17, 15) is 22.9 Å². The molecule has 0 aromatic carbocycles. The zero-order valence-electron chi connectivity index (χ0n) is 24.5. The first-order valence-corrected chi connectivity index (χ1v) is 17.1. The Morgan fingerprint density at radius 2 is 1.13 bits per heavy atom. The van der Waals surface area contributed by atoms with Gasteiger partial charge in [-0.3, -0.25) is 9.35 Å². The highest BCUT2D eigenvalue weighted by Gasteiger charge is 2.24. The van der Waals surface area contributed by atoms with E-state index in [1.54, 1.807) is 6.08 Å². The normalized spacial score (nSPS) is 13.9. The molecule has 0 saturated heterocycles. The molecule has 3 N–H and O–H groups in total. The van der Waals surface area contributed by atoms with Crippen molar-refractivity contribution in [2.45, 2.75) is 161 Å². The van der Waals surface area contributed by atoms with Gasteiger partial charge in [-0.05, 0) is 32.1 Å². The van der Waals surface area contributed by atoms with E-state index in [1.807, 2.05) is 0 Å². The smallest absolute Gasteiger partial charge is 0.267 e. The highest BCUT2D eigenvalue weighted by Crippen LogP contribution is 2.12. The van der Waals surface area contributed by atoms with Crippen LogP contribution in [0.4, 0.5) is 0 Å². The Hall–Kier alpha value is -1.18. The second kappa shape index (κ2) is 26.1. The monoisotopic (exact) mass is 557 g/mol. The van der Waals surface area contributed by atoms with Crippen LogP contribution >= 0.6 is 0 Å². The lowest BCUT2D eigenvalue weighted by Gasteiger charge is -2.21. The standard InChI is InChI=1S/C31H59NO5S/c1-3-5-7-9-11-12-13-14-15-16-17-18-19-21-22-24-26-30(33)29(28-38(35,36)37)32-31(34)27-25-23-20-10-8-6-4-2/h18-19,24,26,29-30,33H,3-17,20-23,25,27-28H2,1-2H3,(H,32,34)(H,35,36,37)/b19-18+,26-24+. The Labute approximate surface area is 234 Å². The Kier molecular flexibility index (Phi) is 25.3. The minimum Gasteiger partial charge on any atom is -0.387 e. The predicted molar refractivity (Wildman–Crippen MR) is 161 cm³/mol. The van der Waals surface area contributed by atoms with E-state index in [0.29, 0.717) is 0 Å². The molecular weight excluding hydrogens is 498 g/mol. The molecule has 7 heteroatoms. The van der Waals surface area contributed by atoms with Crippen LogP contribution in [0.15, 0.2) is 24.3 Å². The maximum atomic E-state index is 12.3. The van der Waals surface area contributed by atoms with E-state index >= 15 is 0 Å². The number of carbonyl (C=O) groups is 1. The van der Waals surface area contributed by atoms with Crippen molar-refractivity contribution in [1.29, 1.82) is 0 Å². The zero-order valence-corrected chi connectivity index (χ0v) is 25.4. The first kappa shape index (κ1) is 36.8. The van der Waals surface area contributed by atoms with Crippen molar-refractivity contribution in [3.8, 4) is 0 Å². The second-order valence-electron chi connectivity index (χ2n) is 10.7. The molecule has 1 amide bonds. The van der Waals surface area contributed by atoms with Crippen molar-refractivity contribution < 1.29 is 22.9 Å². The van der Waals surface area contributed by atoms with E-state index in [2.05, 4.69) is 31.3 Å². The van der Waals surface area contributed by atoms with Crippen LogP contribution in [0.3, 0.4) is 0 Å². The number of rotatable bonds is 27. The predicted octanol–water partition coefficient (Wildman–Crippen LogP) is 8.06. The van der Waals surface area contributed by atoms with Crippen molar-refractivity contribution in [3.05, 3.63) is 24.3 Å². The van der Waals surface area contributed by atoms with Gasteiger partial charge in [0.25, 0.3) is 10.1 Å². The Bertz CT molecular complexity index is 705. The van der Waals surface area contributed by atoms with Crippen LogP contribution < -0.4 is 5.32 Å². The number of hydrogen-bond acceptors (Lipinski definition) is 4. The third kappa shape index (κ3) is 26.4. The molecule has 0 heterocycles. The van der Waals surface area contributed by atoms with E-state index in [1.165, 1.54) is 96.0 Å². The van der Waals surface area contributed by atoms with Gasteiger partial charge in [-0.2, -0.15) is 8.42 Å². The van der Waals surface area contributed by atoms with Crippen LogP contribution in [-0.2, 0) is 14.9 Å². The molecule has 0 radical (unpaired) electrons. The summed E-state index contributed by atoms with van der Waals surface area (Å²) in [7, 11) is -4.33. The van der Waals surface area contributed by atoms with Crippen LogP contribution in [0, 0.1) is 0 Å². The van der Waals surface area contributed by atoms with Crippen LogP contribution in [0.5, 0.6) is 0 Å². The summed E-state index contributed by atoms with van der Waals surface area (Å²) in [6.45, 7) is 4.43. The number of amides is 1. The number of allylic oxidation sites excluding steroid dienone is 3. The third-order valence-electron chi connectivity index (χ3n) is 6.88. The van der Waals surface area contributed by atoms with Crippen LogP contribution in [0.1, 0.15) is 149 Å². The fourth-order valence-corrected chi connectivity index (χ4v) is 5.26. The summed E-state index contributed by atoms with van der Waals surface area (Å²) in [5.41, 5.74) is 0. The average Bonchev–Trinajstić information content (AvgIpc) is 2.86. The molecule has 0 rings (SSSR count). The van der Waals surface area contributed by atoms with Crippen molar-refractivity contribution >= 4 is 16.0 Å². The topological polar surface area (TPSA) is 104 Å². The zero-order chi connectivity index (χ0) is 28.3. The second-order valence-corrected chi connectivity index (χ2v) is 12.2. The molecule has 224 valence electrons. The maximum Gasteiger partial charge on any atom is 0.267 e. The van der Waals surface area contributed by atoms with Gasteiger partial charge in [-0.25, -0.2) is 0 Å². The summed E-state index contributed by atoms with van der Waals surface area (Å²) in [5, 5.41) is 13.0. The molecular formula is C31H59NO5S. The minimum atomic E-state index is -4.33. The molecule has 0 fully saturated rings. The lowest BCUT2D eigenvalue weighted by Crippen LogP contribution is -2.46. The molecule has 0 aromatic heterocycles. The quantitative estimate of drug-likeness (QED) is 0.0538. The van der Waals surface area contributed by atoms with Crippen LogP contribution in [0.2, 0.25) is 0 Å². The molecule has 0 saturated carbocycles. The Balaban J connectivity index is 4.09. The largest absolute Gasteiger partial charge is 0.387 e. The first-order valence-electron chi connectivity index (χ1n) is 15.5. The highest BCUT2D eigenvalue weighted by atomic mass is 32.2. The van der Waals surface area contributed by atoms with E-state index in [-0.39, 0.29) is 12.3 Å². The number of hydrogen-bond donors (Lipinski definition) is 3. The van der Waals surface area contributed by atoms with Gasteiger partial charge in [0, 0.05) is 6.42 Å². The highest BCUT2D eigenvalue weighted by molar-refractivity contribution is 7.85. The Morgan fingerprint density at radius 3 is 1.66 bits per heavy atom. The summed E-state index contributed by atoms with van der Waals surface area (Å²) in [5.74, 6) is -1.01. The van der Waals surface area contributed by atoms with E-state index < -0.39 is 28.0 Å². The molecule has 6 nitrogen and oxygen atoms in total. The number of unbranched alkanes of at least 4 members (excludes halogenated alkanes) is 17. The summed E-state index contributed by atoms with van der Waals surface area (Å²) in [6.07, 6.45) is 30.4. The number of nitrogens with one attached hydrogen (secondary N) is 1. The van der Waals surface area contributed by atoms with Gasteiger partial charge in [-0.15, -0.1) is 0 Å². The van der Waals surface area contributed by atoms with Crippen molar-refractivity contribution in [2.75, 3.05) is 5.75 Å². The molecule has 2 unspecified atom stereocenters. The van der Waals surface area contributed by atoms with Crippen LogP contribution in [0.25, 0.3) is 0 Å². The van der Waals surface area contributed by atoms with Crippen LogP contribution in [-0.4, -0.2) is 41.9 Å². The van der Waals surface area contributed by atoms with Gasteiger partial charge in [0.2, 0.25) is 5.91 Å². The first-order chi connectivity index (χ1) is 18.3. The number of aliphatic hydroxyl groups is 1. The fraction of sp³-hybridized carbons (Fsp3) is 0.839. The molecule has 0 bridgehead atoms. The van der Waals surface area contributed by atoms with Gasteiger partial charge < -0.3 is 10.4 Å².